The number of methoxy groups -OCH3 is 1. The summed E-state index contributed by atoms with van der Waals surface area (Å²) in [6.45, 7) is 0.655. The number of nitrogens with one attached hydrogen (secondary N) is 1. The minimum absolute atomic E-state index is 0.109. The van der Waals surface area contributed by atoms with Crippen LogP contribution in [0.25, 0.3) is 10.9 Å². The van der Waals surface area contributed by atoms with Crippen molar-refractivity contribution in [2.45, 2.75) is 25.5 Å². The van der Waals surface area contributed by atoms with Crippen molar-refractivity contribution in [3.8, 4) is 5.75 Å². The van der Waals surface area contributed by atoms with Gasteiger partial charge in [0, 0.05) is 30.3 Å². The fourth-order valence-electron chi connectivity index (χ4n) is 4.20. The summed E-state index contributed by atoms with van der Waals surface area (Å²) in [5.41, 5.74) is 1.58. The van der Waals surface area contributed by atoms with Crippen molar-refractivity contribution in [2.24, 2.45) is 0 Å². The molecule has 1 N–H and O–H groups in total. The number of esters is 1. The van der Waals surface area contributed by atoms with Crippen LogP contribution in [-0.2, 0) is 22.5 Å². The van der Waals surface area contributed by atoms with Crippen molar-refractivity contribution in [2.75, 3.05) is 12.4 Å². The van der Waals surface area contributed by atoms with Gasteiger partial charge in [0.25, 0.3) is 11.5 Å². The summed E-state index contributed by atoms with van der Waals surface area (Å²) in [4.78, 5) is 43.6. The van der Waals surface area contributed by atoms with Crippen molar-refractivity contribution >= 4 is 28.5 Å². The fourth-order valence-corrected chi connectivity index (χ4v) is 4.20. The minimum atomic E-state index is -1.19. The first-order valence-electron chi connectivity index (χ1n) is 11.3. The lowest BCUT2D eigenvalue weighted by Gasteiger charge is -2.18. The number of rotatable bonds is 6. The second kappa shape index (κ2) is 9.42. The van der Waals surface area contributed by atoms with E-state index in [1.807, 2.05) is 6.07 Å². The van der Waals surface area contributed by atoms with Crippen LogP contribution in [0.15, 0.2) is 77.6 Å². The van der Waals surface area contributed by atoms with Crippen LogP contribution in [0.3, 0.4) is 0 Å². The van der Waals surface area contributed by atoms with Gasteiger partial charge in [-0.2, -0.15) is 0 Å². The number of hydrogen-bond acceptors (Lipinski definition) is 6. The van der Waals surface area contributed by atoms with E-state index >= 15 is 0 Å². The van der Waals surface area contributed by atoms with Crippen LogP contribution in [0.1, 0.15) is 34.3 Å². The van der Waals surface area contributed by atoms with Crippen LogP contribution in [0.5, 0.6) is 5.75 Å². The normalized spacial score (nSPS) is 13.2. The Hall–Kier alpha value is -4.46. The topological polar surface area (TPSA) is 99.5 Å². The van der Waals surface area contributed by atoms with Crippen LogP contribution >= 0.6 is 0 Å². The highest BCUT2D eigenvalue weighted by Gasteiger charge is 2.26. The molecule has 0 aliphatic carbocycles. The Morgan fingerprint density at radius 2 is 1.86 bits per heavy atom. The summed E-state index contributed by atoms with van der Waals surface area (Å²) in [5.74, 6) is 0.103. The molecule has 2 heterocycles. The highest BCUT2D eigenvalue weighted by atomic mass is 16.5. The average molecular weight is 469 g/mol. The van der Waals surface area contributed by atoms with E-state index in [2.05, 4.69) is 10.3 Å². The summed E-state index contributed by atoms with van der Waals surface area (Å²) in [7, 11) is 1.54. The maximum atomic E-state index is 13.2. The maximum Gasteiger partial charge on any atom is 0.339 e. The van der Waals surface area contributed by atoms with Gasteiger partial charge >= 0.3 is 5.97 Å². The van der Waals surface area contributed by atoms with Gasteiger partial charge in [-0.15, -0.1) is 0 Å². The third-order valence-electron chi connectivity index (χ3n) is 5.95. The van der Waals surface area contributed by atoms with Gasteiger partial charge in [0.15, 0.2) is 0 Å². The van der Waals surface area contributed by atoms with Crippen molar-refractivity contribution in [1.82, 2.24) is 9.55 Å². The van der Waals surface area contributed by atoms with Gasteiger partial charge in [-0.25, -0.2) is 9.78 Å². The first kappa shape index (κ1) is 22.3. The number of carbonyl (C=O) groups excluding carboxylic acids is 2. The lowest BCUT2D eigenvalue weighted by molar-refractivity contribution is -0.125. The molecule has 1 aromatic heterocycles. The molecule has 35 heavy (non-hydrogen) atoms. The molecule has 176 valence electrons. The Bertz CT molecular complexity index is 1480. The number of nitrogens with zero attached hydrogens (tertiary/aromatic N) is 2. The molecule has 5 rings (SSSR count). The fraction of sp³-hybridized carbons (Fsp3) is 0.185. The Balaban J connectivity index is 1.43. The van der Waals surface area contributed by atoms with E-state index in [0.717, 1.165) is 12.8 Å². The second-order valence-corrected chi connectivity index (χ2v) is 8.24. The van der Waals surface area contributed by atoms with E-state index in [1.165, 1.54) is 13.2 Å². The molecule has 0 bridgehead atoms. The molecule has 1 amide bonds. The zero-order chi connectivity index (χ0) is 24.4. The van der Waals surface area contributed by atoms with Crippen molar-refractivity contribution in [3.05, 3.63) is 100 Å². The largest absolute Gasteiger partial charge is 0.497 e. The first-order valence-corrected chi connectivity index (χ1v) is 11.3. The van der Waals surface area contributed by atoms with Crippen LogP contribution < -0.4 is 15.6 Å². The molecule has 1 aliphatic heterocycles. The highest BCUT2D eigenvalue weighted by Crippen LogP contribution is 2.24. The summed E-state index contributed by atoms with van der Waals surface area (Å²) >= 11 is 0. The van der Waals surface area contributed by atoms with Gasteiger partial charge < -0.3 is 14.8 Å². The van der Waals surface area contributed by atoms with Crippen molar-refractivity contribution in [3.63, 3.8) is 0 Å². The third-order valence-corrected chi connectivity index (χ3v) is 5.95. The number of hydrogen-bond donors (Lipinski definition) is 1. The summed E-state index contributed by atoms with van der Waals surface area (Å²) in [6.07, 6.45) is 0.402. The van der Waals surface area contributed by atoms with Crippen LogP contribution in [0.2, 0.25) is 0 Å². The van der Waals surface area contributed by atoms with E-state index in [0.29, 0.717) is 40.3 Å². The Labute approximate surface area is 201 Å². The predicted molar refractivity (Wildman–Crippen MR) is 131 cm³/mol. The van der Waals surface area contributed by atoms with Gasteiger partial charge in [0.1, 0.15) is 11.6 Å². The van der Waals surface area contributed by atoms with Gasteiger partial charge in [-0.1, -0.05) is 36.4 Å². The Morgan fingerprint density at radius 1 is 1.03 bits per heavy atom. The molecule has 1 unspecified atom stereocenters. The van der Waals surface area contributed by atoms with Crippen LogP contribution in [0, 0.1) is 0 Å². The summed E-state index contributed by atoms with van der Waals surface area (Å²) in [6, 6.07) is 20.3. The average Bonchev–Trinajstić information content (AvgIpc) is 3.36. The maximum absolute atomic E-state index is 13.2. The summed E-state index contributed by atoms with van der Waals surface area (Å²) in [5, 5.41) is 3.23. The van der Waals surface area contributed by atoms with E-state index < -0.39 is 18.0 Å². The van der Waals surface area contributed by atoms with E-state index in [9.17, 15) is 14.4 Å². The Morgan fingerprint density at radius 3 is 2.66 bits per heavy atom. The number of carbonyl (C=O) groups is 2. The third kappa shape index (κ3) is 4.50. The standard InChI is InChI=1S/C27H23N3O5/c1-34-20-10-5-9-19(16-20)28-25(31)24(17-7-3-2-4-8-17)35-27(33)18-12-13-21-22(15-18)29-23-11-6-14-30(23)26(21)32/h2-5,7-10,12-13,15-16,24H,6,11,14H2,1H3,(H,28,31). The number of anilines is 1. The molecule has 0 radical (unpaired) electrons. The van der Waals surface area contributed by atoms with Crippen LogP contribution in [0.4, 0.5) is 5.69 Å². The molecule has 0 fully saturated rings. The van der Waals surface area contributed by atoms with Crippen LogP contribution in [-0.4, -0.2) is 28.5 Å². The highest BCUT2D eigenvalue weighted by molar-refractivity contribution is 5.99. The number of benzene rings is 3. The number of aromatic nitrogens is 2. The molecule has 8 heteroatoms. The minimum Gasteiger partial charge on any atom is -0.497 e. The van der Waals surface area contributed by atoms with Gasteiger partial charge in [0.2, 0.25) is 6.10 Å². The van der Waals surface area contributed by atoms with E-state index in [4.69, 9.17) is 9.47 Å². The molecule has 0 saturated heterocycles. The monoisotopic (exact) mass is 469 g/mol. The molecule has 8 nitrogen and oxygen atoms in total. The molecule has 4 aromatic rings. The predicted octanol–water partition coefficient (Wildman–Crippen LogP) is 3.89. The smallest absolute Gasteiger partial charge is 0.339 e. The SMILES string of the molecule is COc1cccc(NC(=O)C(OC(=O)c2ccc3c(=O)n4c(nc3c2)CCC4)c2ccccc2)c1. The first-order chi connectivity index (χ1) is 17.0. The van der Waals surface area contributed by atoms with Crippen molar-refractivity contribution < 1.29 is 19.1 Å². The second-order valence-electron chi connectivity index (χ2n) is 8.24. The van der Waals surface area contributed by atoms with Gasteiger partial charge in [-0.3, -0.25) is 14.2 Å². The number of aryl methyl sites for hydroxylation is 1. The zero-order valence-corrected chi connectivity index (χ0v) is 19.1. The molecule has 1 aliphatic rings. The molecule has 0 saturated carbocycles. The molecule has 3 aromatic carbocycles. The molecule has 1 atom stereocenters. The van der Waals surface area contributed by atoms with E-state index in [-0.39, 0.29) is 11.1 Å². The number of amides is 1. The molecular formula is C27H23N3O5. The van der Waals surface area contributed by atoms with Gasteiger partial charge in [0.05, 0.1) is 23.6 Å². The van der Waals surface area contributed by atoms with Crippen molar-refractivity contribution in [1.29, 1.82) is 0 Å². The number of fused-ring (bicyclic) bond motifs is 2. The Kier molecular flexibility index (Phi) is 6.01. The summed E-state index contributed by atoms with van der Waals surface area (Å²) < 4.78 is 12.6. The molecular weight excluding hydrogens is 446 g/mol. The van der Waals surface area contributed by atoms with Gasteiger partial charge in [-0.05, 0) is 36.8 Å². The zero-order valence-electron chi connectivity index (χ0n) is 19.1. The number of ether oxygens (including phenoxy) is 2. The lowest BCUT2D eigenvalue weighted by atomic mass is 10.1. The molecule has 0 spiro atoms. The lowest BCUT2D eigenvalue weighted by Crippen LogP contribution is -2.26. The quantitative estimate of drug-likeness (QED) is 0.430. The van der Waals surface area contributed by atoms with E-state index in [1.54, 1.807) is 65.2 Å².